The maximum absolute atomic E-state index is 12.7. The van der Waals surface area contributed by atoms with Crippen molar-refractivity contribution in [3.8, 4) is 0 Å². The van der Waals surface area contributed by atoms with E-state index >= 15 is 0 Å². The first kappa shape index (κ1) is 14.1. The molecule has 108 valence electrons. The van der Waals surface area contributed by atoms with Gasteiger partial charge in [-0.3, -0.25) is 4.79 Å². The number of carbonyl (C=O) groups is 1. The molecule has 1 aliphatic rings. The van der Waals surface area contributed by atoms with Gasteiger partial charge in [-0.15, -0.1) is 0 Å². The quantitative estimate of drug-likeness (QED) is 0.804. The van der Waals surface area contributed by atoms with E-state index in [2.05, 4.69) is 22.0 Å². The lowest BCUT2D eigenvalue weighted by Crippen LogP contribution is -2.36. The largest absolute Gasteiger partial charge is 0.399 e. The van der Waals surface area contributed by atoms with Crippen LogP contribution in [0.2, 0.25) is 0 Å². The first-order valence-corrected chi connectivity index (χ1v) is 7.76. The number of nitrogens with zero attached hydrogens (tertiary/aromatic N) is 1. The zero-order valence-corrected chi connectivity index (χ0v) is 13.5. The summed E-state index contributed by atoms with van der Waals surface area (Å²) < 4.78 is 0.929. The van der Waals surface area contributed by atoms with Crippen LogP contribution in [0.15, 0.2) is 40.9 Å². The first-order chi connectivity index (χ1) is 10.0. The van der Waals surface area contributed by atoms with Gasteiger partial charge in [0.2, 0.25) is 0 Å². The Morgan fingerprint density at radius 2 is 2.00 bits per heavy atom. The molecule has 1 heterocycles. The van der Waals surface area contributed by atoms with Crippen molar-refractivity contribution in [2.24, 2.45) is 0 Å². The van der Waals surface area contributed by atoms with E-state index < -0.39 is 0 Å². The molecular formula is C17H17BrN2O. The zero-order valence-electron chi connectivity index (χ0n) is 11.9. The fraction of sp³-hybridized carbons (Fsp3) is 0.235. The highest BCUT2D eigenvalue weighted by atomic mass is 79.9. The summed E-state index contributed by atoms with van der Waals surface area (Å²) in [5.74, 6) is 0.0851. The van der Waals surface area contributed by atoms with Gasteiger partial charge in [0, 0.05) is 28.8 Å². The lowest BCUT2D eigenvalue weighted by molar-refractivity contribution is 0.0734. The SMILES string of the molecule is Cc1ccc(Br)cc1C(=O)N1CCc2ccc(N)cc2C1. The van der Waals surface area contributed by atoms with E-state index in [0.717, 1.165) is 39.8 Å². The summed E-state index contributed by atoms with van der Waals surface area (Å²) in [6.45, 7) is 3.35. The number of nitrogen functional groups attached to an aromatic ring is 1. The molecule has 0 aliphatic carbocycles. The average Bonchev–Trinajstić information content (AvgIpc) is 2.48. The van der Waals surface area contributed by atoms with E-state index in [-0.39, 0.29) is 5.91 Å². The van der Waals surface area contributed by atoms with E-state index in [1.54, 1.807) is 0 Å². The molecule has 0 saturated heterocycles. The minimum Gasteiger partial charge on any atom is -0.399 e. The molecule has 0 spiro atoms. The molecular weight excluding hydrogens is 328 g/mol. The van der Waals surface area contributed by atoms with Crippen LogP contribution < -0.4 is 5.73 Å². The molecule has 0 aromatic heterocycles. The number of carbonyl (C=O) groups excluding carboxylic acids is 1. The summed E-state index contributed by atoms with van der Waals surface area (Å²) >= 11 is 3.44. The van der Waals surface area contributed by atoms with Gasteiger partial charge in [-0.25, -0.2) is 0 Å². The summed E-state index contributed by atoms with van der Waals surface area (Å²) in [6.07, 6.45) is 0.883. The number of anilines is 1. The van der Waals surface area contributed by atoms with Crippen LogP contribution in [-0.2, 0) is 13.0 Å². The Hall–Kier alpha value is -1.81. The number of hydrogen-bond donors (Lipinski definition) is 1. The topological polar surface area (TPSA) is 46.3 Å². The third kappa shape index (κ3) is 2.81. The van der Waals surface area contributed by atoms with Crippen molar-refractivity contribution in [3.05, 3.63) is 63.1 Å². The second-order valence-corrected chi connectivity index (χ2v) is 6.38. The number of halogens is 1. The molecule has 1 amide bonds. The van der Waals surface area contributed by atoms with Gasteiger partial charge >= 0.3 is 0 Å². The number of hydrogen-bond acceptors (Lipinski definition) is 2. The summed E-state index contributed by atoms with van der Waals surface area (Å²) in [5.41, 5.74) is 10.8. The summed E-state index contributed by atoms with van der Waals surface area (Å²) in [5, 5.41) is 0. The number of rotatable bonds is 1. The van der Waals surface area contributed by atoms with Gasteiger partial charge in [0.05, 0.1) is 0 Å². The molecule has 0 unspecified atom stereocenters. The van der Waals surface area contributed by atoms with E-state index in [0.29, 0.717) is 6.54 Å². The van der Waals surface area contributed by atoms with Gasteiger partial charge in [0.15, 0.2) is 0 Å². The predicted molar refractivity (Wildman–Crippen MR) is 88.2 cm³/mol. The number of nitrogens with two attached hydrogens (primary N) is 1. The van der Waals surface area contributed by atoms with Gasteiger partial charge in [-0.1, -0.05) is 28.1 Å². The van der Waals surface area contributed by atoms with E-state index in [1.807, 2.05) is 42.2 Å². The normalized spacial score (nSPS) is 13.9. The fourth-order valence-electron chi connectivity index (χ4n) is 2.75. The van der Waals surface area contributed by atoms with Crippen molar-refractivity contribution in [1.29, 1.82) is 0 Å². The second-order valence-electron chi connectivity index (χ2n) is 5.46. The van der Waals surface area contributed by atoms with Crippen molar-refractivity contribution in [2.45, 2.75) is 19.9 Å². The van der Waals surface area contributed by atoms with Crippen LogP contribution in [0.25, 0.3) is 0 Å². The van der Waals surface area contributed by atoms with Gasteiger partial charge in [0.1, 0.15) is 0 Å². The maximum atomic E-state index is 12.7. The Bertz CT molecular complexity index is 712. The van der Waals surface area contributed by atoms with Crippen LogP contribution in [0.1, 0.15) is 27.0 Å². The van der Waals surface area contributed by atoms with Crippen LogP contribution in [0, 0.1) is 6.92 Å². The Kier molecular flexibility index (Phi) is 3.72. The van der Waals surface area contributed by atoms with E-state index in [9.17, 15) is 4.79 Å². The van der Waals surface area contributed by atoms with Crippen LogP contribution in [0.5, 0.6) is 0 Å². The molecule has 0 saturated carbocycles. The molecule has 0 atom stereocenters. The molecule has 21 heavy (non-hydrogen) atoms. The molecule has 2 aromatic rings. The van der Waals surface area contributed by atoms with Crippen LogP contribution in [0.3, 0.4) is 0 Å². The standard InChI is InChI=1S/C17H17BrN2O/c1-11-2-4-14(18)9-16(11)17(21)20-7-6-12-3-5-15(19)8-13(12)10-20/h2-5,8-9H,6-7,10,19H2,1H3. The summed E-state index contributed by atoms with van der Waals surface area (Å²) in [7, 11) is 0. The van der Waals surface area contributed by atoms with E-state index in [4.69, 9.17) is 5.73 Å². The number of benzene rings is 2. The summed E-state index contributed by atoms with van der Waals surface area (Å²) in [6, 6.07) is 11.8. The minimum atomic E-state index is 0.0851. The van der Waals surface area contributed by atoms with Gasteiger partial charge in [-0.05, 0) is 54.3 Å². The van der Waals surface area contributed by atoms with Gasteiger partial charge < -0.3 is 10.6 Å². The molecule has 2 N–H and O–H groups in total. The highest BCUT2D eigenvalue weighted by Gasteiger charge is 2.23. The van der Waals surface area contributed by atoms with Crippen molar-refractivity contribution in [3.63, 3.8) is 0 Å². The Labute approximate surface area is 132 Å². The summed E-state index contributed by atoms with van der Waals surface area (Å²) in [4.78, 5) is 14.6. The lowest BCUT2D eigenvalue weighted by Gasteiger charge is -2.29. The molecule has 1 aliphatic heterocycles. The van der Waals surface area contributed by atoms with Gasteiger partial charge in [-0.2, -0.15) is 0 Å². The average molecular weight is 345 g/mol. The van der Waals surface area contributed by atoms with Gasteiger partial charge in [0.25, 0.3) is 5.91 Å². The minimum absolute atomic E-state index is 0.0851. The lowest BCUT2D eigenvalue weighted by atomic mass is 9.98. The first-order valence-electron chi connectivity index (χ1n) is 6.97. The third-order valence-corrected chi connectivity index (χ3v) is 4.45. The Morgan fingerprint density at radius 3 is 2.81 bits per heavy atom. The molecule has 0 fully saturated rings. The molecule has 3 nitrogen and oxygen atoms in total. The molecule has 2 aromatic carbocycles. The second kappa shape index (κ2) is 5.53. The molecule has 0 radical (unpaired) electrons. The number of fused-ring (bicyclic) bond motifs is 1. The number of amides is 1. The Morgan fingerprint density at radius 1 is 1.19 bits per heavy atom. The zero-order chi connectivity index (χ0) is 15.0. The fourth-order valence-corrected chi connectivity index (χ4v) is 3.11. The monoisotopic (exact) mass is 344 g/mol. The van der Waals surface area contributed by atoms with Crippen molar-refractivity contribution in [1.82, 2.24) is 4.90 Å². The molecule has 0 bridgehead atoms. The van der Waals surface area contributed by atoms with Crippen LogP contribution >= 0.6 is 15.9 Å². The highest BCUT2D eigenvalue weighted by Crippen LogP contribution is 2.24. The van der Waals surface area contributed by atoms with E-state index in [1.165, 1.54) is 5.56 Å². The predicted octanol–water partition coefficient (Wildman–Crippen LogP) is 3.54. The van der Waals surface area contributed by atoms with Crippen molar-refractivity contribution >= 4 is 27.5 Å². The Balaban J connectivity index is 1.88. The third-order valence-electron chi connectivity index (χ3n) is 3.96. The van der Waals surface area contributed by atoms with Crippen LogP contribution in [0.4, 0.5) is 5.69 Å². The van der Waals surface area contributed by atoms with Crippen molar-refractivity contribution in [2.75, 3.05) is 12.3 Å². The molecule has 4 heteroatoms. The molecule has 3 rings (SSSR count). The number of aryl methyl sites for hydroxylation is 1. The van der Waals surface area contributed by atoms with Crippen LogP contribution in [-0.4, -0.2) is 17.4 Å². The smallest absolute Gasteiger partial charge is 0.254 e. The maximum Gasteiger partial charge on any atom is 0.254 e. The van der Waals surface area contributed by atoms with Crippen molar-refractivity contribution < 1.29 is 4.79 Å². The highest BCUT2D eigenvalue weighted by molar-refractivity contribution is 9.10.